The van der Waals surface area contributed by atoms with Crippen LogP contribution in [0.1, 0.15) is 0 Å². The Morgan fingerprint density at radius 1 is 1.67 bits per heavy atom. The van der Waals surface area contributed by atoms with Crippen molar-refractivity contribution < 1.29 is 13.0 Å². The van der Waals surface area contributed by atoms with Crippen LogP contribution in [0.2, 0.25) is 0 Å². The summed E-state index contributed by atoms with van der Waals surface area (Å²) in [6, 6.07) is 0. The highest BCUT2D eigenvalue weighted by Crippen LogP contribution is 2.13. The number of rotatable bonds is 4. The van der Waals surface area contributed by atoms with Crippen LogP contribution < -0.4 is 5.73 Å². The van der Waals surface area contributed by atoms with Gasteiger partial charge in [0.25, 0.3) is 5.92 Å². The molecule has 0 radical (unpaired) electrons. The van der Waals surface area contributed by atoms with Gasteiger partial charge in [0.2, 0.25) is 0 Å². The standard InChI is InChI=1S/C4H9F2NOS/c1-9-8-3-4(5,6)2-7/h2-3,7H2,1H3. The molecule has 0 bridgehead atoms. The maximum Gasteiger partial charge on any atom is 0.284 e. The van der Waals surface area contributed by atoms with Crippen LogP contribution in [0, 0.1) is 0 Å². The van der Waals surface area contributed by atoms with Gasteiger partial charge in [-0.1, -0.05) is 0 Å². The molecule has 0 spiro atoms. The molecule has 0 atom stereocenters. The topological polar surface area (TPSA) is 35.2 Å². The van der Waals surface area contributed by atoms with Gasteiger partial charge in [0, 0.05) is 6.26 Å². The van der Waals surface area contributed by atoms with Gasteiger partial charge in [-0.25, -0.2) is 8.78 Å². The van der Waals surface area contributed by atoms with Crippen molar-refractivity contribution in [1.29, 1.82) is 0 Å². The quantitative estimate of drug-likeness (QED) is 0.615. The van der Waals surface area contributed by atoms with E-state index in [2.05, 4.69) is 4.18 Å². The monoisotopic (exact) mass is 157 g/mol. The lowest BCUT2D eigenvalue weighted by atomic mass is 10.4. The highest BCUT2D eigenvalue weighted by Gasteiger charge is 2.26. The average molecular weight is 157 g/mol. The predicted octanol–water partition coefficient (Wildman–Crippen LogP) is 0.875. The van der Waals surface area contributed by atoms with E-state index in [9.17, 15) is 8.78 Å². The number of alkyl halides is 2. The van der Waals surface area contributed by atoms with E-state index in [0.29, 0.717) is 0 Å². The Bertz CT molecular complexity index is 81.0. The summed E-state index contributed by atoms with van der Waals surface area (Å²) < 4.78 is 28.5. The van der Waals surface area contributed by atoms with Crippen molar-refractivity contribution in [2.24, 2.45) is 5.73 Å². The van der Waals surface area contributed by atoms with E-state index in [1.54, 1.807) is 6.26 Å². The van der Waals surface area contributed by atoms with Gasteiger partial charge in [-0.3, -0.25) is 0 Å². The van der Waals surface area contributed by atoms with Crippen molar-refractivity contribution in [3.63, 3.8) is 0 Å². The van der Waals surface area contributed by atoms with Crippen molar-refractivity contribution in [1.82, 2.24) is 0 Å². The first-order valence-corrected chi connectivity index (χ1v) is 3.51. The van der Waals surface area contributed by atoms with Gasteiger partial charge in [0.05, 0.1) is 6.54 Å². The minimum Gasteiger partial charge on any atom is -0.325 e. The number of hydrogen-bond donors (Lipinski definition) is 1. The van der Waals surface area contributed by atoms with Crippen molar-refractivity contribution in [3.05, 3.63) is 0 Å². The molecule has 0 aliphatic heterocycles. The van der Waals surface area contributed by atoms with Crippen LogP contribution in [0.25, 0.3) is 0 Å². The fourth-order valence-electron chi connectivity index (χ4n) is 0.204. The smallest absolute Gasteiger partial charge is 0.284 e. The van der Waals surface area contributed by atoms with E-state index in [4.69, 9.17) is 5.73 Å². The van der Waals surface area contributed by atoms with E-state index in [1.165, 1.54) is 0 Å². The van der Waals surface area contributed by atoms with Crippen LogP contribution in [0.3, 0.4) is 0 Å². The highest BCUT2D eigenvalue weighted by atomic mass is 32.2. The van der Waals surface area contributed by atoms with Crippen LogP contribution in [0.4, 0.5) is 8.78 Å². The largest absolute Gasteiger partial charge is 0.325 e. The van der Waals surface area contributed by atoms with Gasteiger partial charge in [-0.05, 0) is 12.0 Å². The average Bonchev–Trinajstić information content (AvgIpc) is 1.84. The minimum absolute atomic E-state index is 0.606. The minimum atomic E-state index is -2.87. The van der Waals surface area contributed by atoms with E-state index >= 15 is 0 Å². The van der Waals surface area contributed by atoms with E-state index in [0.717, 1.165) is 12.0 Å². The first-order chi connectivity index (χ1) is 4.12. The molecule has 0 aromatic carbocycles. The van der Waals surface area contributed by atoms with Crippen molar-refractivity contribution >= 4 is 12.0 Å². The van der Waals surface area contributed by atoms with Crippen molar-refractivity contribution in [2.45, 2.75) is 5.92 Å². The molecule has 0 aliphatic rings. The van der Waals surface area contributed by atoms with Gasteiger partial charge < -0.3 is 9.92 Å². The molecular weight excluding hydrogens is 148 g/mol. The lowest BCUT2D eigenvalue weighted by Gasteiger charge is -2.11. The Morgan fingerprint density at radius 2 is 2.22 bits per heavy atom. The molecule has 2 nitrogen and oxygen atoms in total. The summed E-state index contributed by atoms with van der Waals surface area (Å²) in [4.78, 5) is 0. The van der Waals surface area contributed by atoms with Gasteiger partial charge in [-0.2, -0.15) is 0 Å². The number of nitrogens with two attached hydrogens (primary N) is 1. The summed E-state index contributed by atoms with van der Waals surface area (Å²) in [5.74, 6) is -2.87. The summed E-state index contributed by atoms with van der Waals surface area (Å²) >= 11 is 0.908. The molecule has 5 heteroatoms. The van der Waals surface area contributed by atoms with Crippen LogP contribution in [0.5, 0.6) is 0 Å². The summed E-state index contributed by atoms with van der Waals surface area (Å²) in [6.07, 6.45) is 1.58. The van der Waals surface area contributed by atoms with Gasteiger partial charge in [0.1, 0.15) is 6.61 Å². The highest BCUT2D eigenvalue weighted by molar-refractivity contribution is 7.93. The zero-order valence-corrected chi connectivity index (χ0v) is 5.88. The molecule has 0 unspecified atom stereocenters. The van der Waals surface area contributed by atoms with Gasteiger partial charge >= 0.3 is 0 Å². The molecule has 0 saturated carbocycles. The second-order valence-electron chi connectivity index (χ2n) is 1.49. The molecule has 56 valence electrons. The Balaban J connectivity index is 3.33. The van der Waals surface area contributed by atoms with Crippen LogP contribution in [-0.2, 0) is 4.18 Å². The number of hydrogen-bond acceptors (Lipinski definition) is 3. The van der Waals surface area contributed by atoms with Crippen molar-refractivity contribution in [2.75, 3.05) is 19.4 Å². The lowest BCUT2D eigenvalue weighted by molar-refractivity contribution is -0.0262. The molecule has 0 heterocycles. The first-order valence-electron chi connectivity index (χ1n) is 2.36. The first kappa shape index (κ1) is 9.13. The molecule has 0 fully saturated rings. The molecule has 0 saturated heterocycles. The summed E-state index contributed by atoms with van der Waals surface area (Å²) in [5, 5.41) is 0. The van der Waals surface area contributed by atoms with Crippen LogP contribution in [0.15, 0.2) is 0 Å². The Labute approximate surface area is 57.0 Å². The molecular formula is C4H9F2NOS. The summed E-state index contributed by atoms with van der Waals surface area (Å²) in [7, 11) is 0. The Morgan fingerprint density at radius 3 is 2.56 bits per heavy atom. The van der Waals surface area contributed by atoms with Crippen molar-refractivity contribution in [3.8, 4) is 0 Å². The lowest BCUT2D eigenvalue weighted by Crippen LogP contribution is -2.32. The second kappa shape index (κ2) is 4.03. The third-order valence-corrected chi connectivity index (χ3v) is 1.04. The third kappa shape index (κ3) is 4.62. The Kier molecular flexibility index (Phi) is 4.09. The van der Waals surface area contributed by atoms with Crippen LogP contribution >= 0.6 is 12.0 Å². The maximum absolute atomic E-state index is 12.1. The zero-order chi connectivity index (χ0) is 7.33. The number of halogens is 2. The second-order valence-corrected chi connectivity index (χ2v) is 2.06. The normalized spacial score (nSPS) is 12.0. The third-order valence-electron chi connectivity index (χ3n) is 0.687. The SMILES string of the molecule is CSOCC(F)(F)CN. The molecule has 0 aromatic rings. The van der Waals surface area contributed by atoms with Crippen LogP contribution in [-0.4, -0.2) is 25.3 Å². The van der Waals surface area contributed by atoms with E-state index < -0.39 is 19.1 Å². The van der Waals surface area contributed by atoms with Gasteiger partial charge in [-0.15, -0.1) is 0 Å². The Hall–Kier alpha value is 0.130. The fourth-order valence-corrected chi connectivity index (χ4v) is 0.494. The zero-order valence-electron chi connectivity index (χ0n) is 5.06. The maximum atomic E-state index is 12.1. The summed E-state index contributed by atoms with van der Waals surface area (Å²) in [6.45, 7) is -1.27. The fraction of sp³-hybridized carbons (Fsp3) is 1.00. The molecule has 2 N–H and O–H groups in total. The summed E-state index contributed by atoms with van der Waals surface area (Å²) in [5.41, 5.74) is 4.71. The predicted molar refractivity (Wildman–Crippen MR) is 33.5 cm³/mol. The van der Waals surface area contributed by atoms with Gasteiger partial charge in [0.15, 0.2) is 0 Å². The van der Waals surface area contributed by atoms with E-state index in [-0.39, 0.29) is 0 Å². The molecule has 0 aromatic heterocycles. The molecule has 0 rings (SSSR count). The molecule has 9 heavy (non-hydrogen) atoms. The molecule has 0 amide bonds. The van der Waals surface area contributed by atoms with E-state index in [1.807, 2.05) is 0 Å². The molecule has 0 aliphatic carbocycles.